The molecule has 1 atom stereocenters. The van der Waals surface area contributed by atoms with Crippen LogP contribution < -0.4 is 5.32 Å². The molecule has 1 aliphatic heterocycles. The van der Waals surface area contributed by atoms with Gasteiger partial charge in [-0.25, -0.2) is 9.78 Å². The molecule has 1 N–H and O–H groups in total. The van der Waals surface area contributed by atoms with Crippen molar-refractivity contribution < 1.29 is 4.79 Å². The summed E-state index contributed by atoms with van der Waals surface area (Å²) in [7, 11) is 0. The second-order valence-electron chi connectivity index (χ2n) is 7.32. The second kappa shape index (κ2) is 7.27. The fourth-order valence-electron chi connectivity index (χ4n) is 3.72. The van der Waals surface area contributed by atoms with Crippen LogP contribution in [-0.2, 0) is 13.1 Å². The molecule has 4 rings (SSSR count). The third-order valence-electron chi connectivity index (χ3n) is 4.99. The van der Waals surface area contributed by atoms with Gasteiger partial charge in [-0.2, -0.15) is 0 Å². The number of carbonyl (C=O) groups is 1. The molecule has 0 spiro atoms. The third kappa shape index (κ3) is 3.45. The standard InChI is InChI=1S/C22H24N4O/c1-16(2)20-19-21(25(15-23-19)13-17-9-5-3-6-10-17)24-22(27)26(20)14-18-11-7-4-8-12-18/h3-12,15-16,20H,13-14H2,1-2H3,(H,24,27). The number of urea groups is 1. The number of imidazole rings is 1. The quantitative estimate of drug-likeness (QED) is 0.718. The number of hydrogen-bond donors (Lipinski definition) is 1. The van der Waals surface area contributed by atoms with Gasteiger partial charge in [0, 0.05) is 6.54 Å². The highest BCUT2D eigenvalue weighted by molar-refractivity contribution is 5.91. The number of benzene rings is 2. The molecule has 0 radical (unpaired) electrons. The van der Waals surface area contributed by atoms with Crippen molar-refractivity contribution in [1.29, 1.82) is 0 Å². The van der Waals surface area contributed by atoms with E-state index in [0.29, 0.717) is 13.1 Å². The van der Waals surface area contributed by atoms with Crippen LogP contribution in [0.25, 0.3) is 0 Å². The fourth-order valence-corrected chi connectivity index (χ4v) is 3.72. The van der Waals surface area contributed by atoms with Crippen molar-refractivity contribution in [3.05, 3.63) is 83.8 Å². The van der Waals surface area contributed by atoms with E-state index in [1.165, 1.54) is 5.56 Å². The highest BCUT2D eigenvalue weighted by atomic mass is 16.2. The van der Waals surface area contributed by atoms with E-state index in [1.54, 1.807) is 0 Å². The van der Waals surface area contributed by atoms with Crippen molar-refractivity contribution in [3.63, 3.8) is 0 Å². The normalized spacial score (nSPS) is 16.3. The molecule has 5 nitrogen and oxygen atoms in total. The van der Waals surface area contributed by atoms with Gasteiger partial charge in [0.1, 0.15) is 11.5 Å². The van der Waals surface area contributed by atoms with Gasteiger partial charge in [-0.05, 0) is 17.0 Å². The first-order valence-electron chi connectivity index (χ1n) is 9.34. The largest absolute Gasteiger partial charge is 0.323 e. The summed E-state index contributed by atoms with van der Waals surface area (Å²) in [6.07, 6.45) is 1.83. The molecular formula is C22H24N4O. The highest BCUT2D eigenvalue weighted by Crippen LogP contribution is 2.38. The zero-order chi connectivity index (χ0) is 18.8. The number of amides is 2. The first kappa shape index (κ1) is 17.3. The monoisotopic (exact) mass is 360 g/mol. The summed E-state index contributed by atoms with van der Waals surface area (Å²) < 4.78 is 2.03. The van der Waals surface area contributed by atoms with Gasteiger partial charge in [0.15, 0.2) is 0 Å². The number of hydrogen-bond acceptors (Lipinski definition) is 2. The van der Waals surface area contributed by atoms with Crippen LogP contribution >= 0.6 is 0 Å². The number of rotatable bonds is 5. The lowest BCUT2D eigenvalue weighted by atomic mass is 9.97. The molecule has 0 fully saturated rings. The minimum absolute atomic E-state index is 0.0500. The average molecular weight is 360 g/mol. The van der Waals surface area contributed by atoms with Crippen molar-refractivity contribution in [2.75, 3.05) is 5.32 Å². The molecule has 0 saturated heterocycles. The number of anilines is 1. The molecule has 3 aromatic rings. The number of nitrogens with zero attached hydrogens (tertiary/aromatic N) is 3. The molecule has 1 aromatic heterocycles. The van der Waals surface area contributed by atoms with Gasteiger partial charge in [-0.1, -0.05) is 74.5 Å². The minimum atomic E-state index is -0.0696. The number of fused-ring (bicyclic) bond motifs is 1. The Morgan fingerprint density at radius 1 is 0.963 bits per heavy atom. The van der Waals surface area contributed by atoms with Gasteiger partial charge < -0.3 is 9.47 Å². The van der Waals surface area contributed by atoms with Gasteiger partial charge >= 0.3 is 6.03 Å². The van der Waals surface area contributed by atoms with E-state index in [0.717, 1.165) is 17.1 Å². The summed E-state index contributed by atoms with van der Waals surface area (Å²) in [4.78, 5) is 19.5. The summed E-state index contributed by atoms with van der Waals surface area (Å²) in [6.45, 7) is 5.54. The van der Waals surface area contributed by atoms with Crippen molar-refractivity contribution in [1.82, 2.24) is 14.5 Å². The Kier molecular flexibility index (Phi) is 4.67. The Bertz CT molecular complexity index is 918. The Morgan fingerprint density at radius 3 is 2.15 bits per heavy atom. The van der Waals surface area contributed by atoms with Gasteiger partial charge in [-0.3, -0.25) is 5.32 Å². The molecule has 5 heteroatoms. The van der Waals surface area contributed by atoms with Crippen LogP contribution in [0, 0.1) is 5.92 Å². The van der Waals surface area contributed by atoms with Gasteiger partial charge in [0.25, 0.3) is 0 Å². The maximum atomic E-state index is 13.0. The maximum absolute atomic E-state index is 13.0. The van der Waals surface area contributed by atoms with Crippen LogP contribution in [-0.4, -0.2) is 20.5 Å². The highest BCUT2D eigenvalue weighted by Gasteiger charge is 2.37. The van der Waals surface area contributed by atoms with Gasteiger partial charge in [-0.15, -0.1) is 0 Å². The average Bonchev–Trinajstić information content (AvgIpc) is 3.05. The van der Waals surface area contributed by atoms with Crippen LogP contribution in [0.5, 0.6) is 0 Å². The molecule has 2 heterocycles. The second-order valence-corrected chi connectivity index (χ2v) is 7.32. The van der Waals surface area contributed by atoms with Crippen molar-refractivity contribution >= 4 is 11.8 Å². The van der Waals surface area contributed by atoms with Crippen LogP contribution in [0.15, 0.2) is 67.0 Å². The van der Waals surface area contributed by atoms with E-state index in [1.807, 2.05) is 64.3 Å². The lowest BCUT2D eigenvalue weighted by Gasteiger charge is -2.37. The molecule has 2 amide bonds. The predicted octanol–water partition coefficient (Wildman–Crippen LogP) is 4.68. The van der Waals surface area contributed by atoms with E-state index in [2.05, 4.69) is 36.3 Å². The Morgan fingerprint density at radius 2 is 1.56 bits per heavy atom. The van der Waals surface area contributed by atoms with E-state index < -0.39 is 0 Å². The lowest BCUT2D eigenvalue weighted by molar-refractivity contribution is 0.156. The van der Waals surface area contributed by atoms with Crippen LogP contribution in [0.4, 0.5) is 10.6 Å². The Balaban J connectivity index is 1.66. The number of nitrogens with one attached hydrogen (secondary N) is 1. The fraction of sp³-hybridized carbons (Fsp3) is 0.273. The molecule has 1 unspecified atom stereocenters. The van der Waals surface area contributed by atoms with Gasteiger partial charge in [0.05, 0.1) is 18.9 Å². The van der Waals surface area contributed by atoms with E-state index in [4.69, 9.17) is 0 Å². The Labute approximate surface area is 159 Å². The molecular weight excluding hydrogens is 336 g/mol. The van der Waals surface area contributed by atoms with Crippen molar-refractivity contribution in [2.24, 2.45) is 5.92 Å². The summed E-state index contributed by atoms with van der Waals surface area (Å²) in [5.74, 6) is 1.07. The number of aromatic nitrogens is 2. The summed E-state index contributed by atoms with van der Waals surface area (Å²) in [5.41, 5.74) is 3.24. The molecule has 27 heavy (non-hydrogen) atoms. The molecule has 1 aliphatic rings. The smallest absolute Gasteiger partial charge is 0.312 e. The van der Waals surface area contributed by atoms with E-state index >= 15 is 0 Å². The van der Waals surface area contributed by atoms with E-state index in [9.17, 15) is 4.79 Å². The maximum Gasteiger partial charge on any atom is 0.323 e. The first-order valence-corrected chi connectivity index (χ1v) is 9.34. The van der Waals surface area contributed by atoms with Gasteiger partial charge in [0.2, 0.25) is 0 Å². The topological polar surface area (TPSA) is 50.2 Å². The molecule has 0 aliphatic carbocycles. The zero-order valence-corrected chi connectivity index (χ0v) is 15.7. The molecule has 138 valence electrons. The van der Waals surface area contributed by atoms with Crippen LogP contribution in [0.3, 0.4) is 0 Å². The summed E-state index contributed by atoms with van der Waals surface area (Å²) in [6, 6.07) is 20.2. The number of carbonyl (C=O) groups excluding carboxylic acids is 1. The van der Waals surface area contributed by atoms with E-state index in [-0.39, 0.29) is 18.0 Å². The lowest BCUT2D eigenvalue weighted by Crippen LogP contribution is -2.44. The summed E-state index contributed by atoms with van der Waals surface area (Å²) in [5, 5.41) is 3.07. The molecule has 0 bridgehead atoms. The van der Waals surface area contributed by atoms with Crippen LogP contribution in [0.2, 0.25) is 0 Å². The first-order chi connectivity index (χ1) is 13.1. The Hall–Kier alpha value is -3.08. The molecule has 2 aromatic carbocycles. The SMILES string of the molecule is CC(C)C1c2ncn(Cc3ccccc3)c2NC(=O)N1Cc1ccccc1. The zero-order valence-electron chi connectivity index (χ0n) is 15.7. The molecule has 0 saturated carbocycles. The predicted molar refractivity (Wildman–Crippen MR) is 106 cm³/mol. The van der Waals surface area contributed by atoms with Crippen LogP contribution in [0.1, 0.15) is 36.7 Å². The third-order valence-corrected chi connectivity index (χ3v) is 4.99. The minimum Gasteiger partial charge on any atom is -0.312 e. The summed E-state index contributed by atoms with van der Waals surface area (Å²) >= 11 is 0. The van der Waals surface area contributed by atoms with Crippen molar-refractivity contribution in [3.8, 4) is 0 Å². The van der Waals surface area contributed by atoms with Crippen molar-refractivity contribution in [2.45, 2.75) is 33.0 Å².